The Morgan fingerprint density at radius 3 is 0.522 bits per heavy atom. The monoisotopic (exact) mass is 1270 g/mol. The summed E-state index contributed by atoms with van der Waals surface area (Å²) in [5.74, 6) is 13.3. The Morgan fingerprint density at radius 1 is 0.207 bits per heavy atom. The molecule has 0 aromatic rings. The van der Waals surface area contributed by atoms with Crippen LogP contribution in [-0.4, -0.2) is 11.6 Å². The van der Waals surface area contributed by atoms with Crippen LogP contribution in [0.3, 0.4) is 0 Å². The fourth-order valence-corrected chi connectivity index (χ4v) is 24.5. The highest BCUT2D eigenvalue weighted by atomic mass is 16.1. The smallest absolute Gasteiger partial charge is 0.145 e. The van der Waals surface area contributed by atoms with E-state index in [9.17, 15) is 9.59 Å². The first-order valence-corrected chi connectivity index (χ1v) is 44.2. The van der Waals surface area contributed by atoms with E-state index in [1.165, 1.54) is 437 Å². The minimum absolute atomic E-state index is 0.130. The second-order valence-electron chi connectivity index (χ2n) is 37.0. The Balaban J connectivity index is 0.000000218. The quantitative estimate of drug-likeness (QED) is 0.0578. The van der Waals surface area contributed by atoms with E-state index in [1.807, 2.05) is 0 Å². The molecule has 4 spiro atoms. The first kappa shape index (κ1) is 75.5. The molecule has 0 saturated heterocycles. The van der Waals surface area contributed by atoms with Crippen LogP contribution in [0.1, 0.15) is 464 Å². The van der Waals surface area contributed by atoms with Gasteiger partial charge in [0.2, 0.25) is 0 Å². The highest BCUT2D eigenvalue weighted by Crippen LogP contribution is 2.67. The number of Topliss-reactive ketones (excluding diaryl/α,β-unsaturated/α-hetero) is 2. The van der Waals surface area contributed by atoms with E-state index in [0.29, 0.717) is 0 Å². The summed E-state index contributed by atoms with van der Waals surface area (Å²) < 4.78 is 0. The van der Waals surface area contributed by atoms with Crippen LogP contribution in [0.25, 0.3) is 0 Å². The van der Waals surface area contributed by atoms with Gasteiger partial charge in [0.05, 0.1) is 0 Å². The van der Waals surface area contributed by atoms with E-state index in [4.69, 9.17) is 0 Å². The third-order valence-electron chi connectivity index (χ3n) is 30.8. The molecule has 2 nitrogen and oxygen atoms in total. The molecule has 0 N–H and O–H groups in total. The van der Waals surface area contributed by atoms with E-state index < -0.39 is 0 Å². The van der Waals surface area contributed by atoms with Crippen LogP contribution < -0.4 is 0 Å². The van der Waals surface area contributed by atoms with Crippen molar-refractivity contribution in [1.82, 2.24) is 0 Å². The van der Waals surface area contributed by atoms with E-state index in [1.54, 1.807) is 0 Å². The van der Waals surface area contributed by atoms with Gasteiger partial charge < -0.3 is 0 Å². The largest absolute Gasteiger partial charge is 0.298 e. The lowest BCUT2D eigenvalue weighted by atomic mass is 9.42. The van der Waals surface area contributed by atoms with Gasteiger partial charge in [-0.1, -0.05) is 297 Å². The molecule has 0 bridgehead atoms. The number of carbonyl (C=O) groups excluding carboxylic acids is 2. The summed E-state index contributed by atoms with van der Waals surface area (Å²) in [4.78, 5) is 28.0. The lowest BCUT2D eigenvalue weighted by Gasteiger charge is -2.60. The molecule has 0 unspecified atom stereocenters. The minimum Gasteiger partial charge on any atom is -0.298 e. The molecule has 10 rings (SSSR count). The lowest BCUT2D eigenvalue weighted by Crippen LogP contribution is -2.60. The van der Waals surface area contributed by atoms with Crippen molar-refractivity contribution >= 4 is 11.6 Å². The minimum atomic E-state index is 0.130. The van der Waals surface area contributed by atoms with Gasteiger partial charge in [-0.25, -0.2) is 0 Å². The fourth-order valence-electron chi connectivity index (χ4n) is 24.5. The number of rotatable bonds is 38. The van der Waals surface area contributed by atoms with Gasteiger partial charge in [0, 0.05) is 21.7 Å². The number of hydrogen-bond acceptors (Lipinski definition) is 2. The van der Waals surface area contributed by atoms with Gasteiger partial charge in [-0.2, -0.15) is 0 Å². The number of unbranched alkanes of at least 4 members (excludes halogenated alkanes) is 26. The number of carbonyl (C=O) groups is 2. The summed E-state index contributed by atoms with van der Waals surface area (Å²) in [7, 11) is 0. The molecule has 2 heteroatoms. The molecule has 10 fully saturated rings. The third kappa shape index (κ3) is 22.2. The third-order valence-corrected chi connectivity index (χ3v) is 30.8. The first-order chi connectivity index (χ1) is 45.1. The van der Waals surface area contributed by atoms with Crippen LogP contribution in [0.2, 0.25) is 0 Å². The van der Waals surface area contributed by atoms with E-state index in [2.05, 4.69) is 27.7 Å². The molecule has 0 heterocycles. The van der Waals surface area contributed by atoms with E-state index >= 15 is 0 Å². The summed E-state index contributed by atoms with van der Waals surface area (Å²) in [5, 5.41) is 0. The van der Waals surface area contributed by atoms with Crippen molar-refractivity contribution in [2.75, 3.05) is 0 Å². The molecule has 0 aromatic carbocycles. The second kappa shape index (κ2) is 40.6. The zero-order valence-electron chi connectivity index (χ0n) is 62.8. The Kier molecular flexibility index (Phi) is 33.3. The molecule has 0 radical (unpaired) electrons. The van der Waals surface area contributed by atoms with Gasteiger partial charge in [0.25, 0.3) is 0 Å². The molecule has 10 saturated carbocycles. The summed E-state index contributed by atoms with van der Waals surface area (Å²) in [6, 6.07) is 0. The van der Waals surface area contributed by atoms with Crippen LogP contribution in [-0.2, 0) is 9.59 Å². The summed E-state index contributed by atoms with van der Waals surface area (Å²) in [5.41, 5.74) is 0.521. The highest BCUT2D eigenvalue weighted by molar-refractivity contribution is 5.97. The maximum Gasteiger partial charge on any atom is 0.145 e. The number of hydrogen-bond donors (Lipinski definition) is 0. The Hall–Kier alpha value is -0.660. The van der Waals surface area contributed by atoms with Crippen molar-refractivity contribution in [3.63, 3.8) is 0 Å². The fraction of sp³-hybridized carbons (Fsp3) is 0.978. The van der Waals surface area contributed by atoms with Crippen molar-refractivity contribution in [2.45, 2.75) is 464 Å². The molecule has 0 aliphatic heterocycles. The molecular formula is C90H160O2. The lowest BCUT2D eigenvalue weighted by molar-refractivity contribution is -0.170. The van der Waals surface area contributed by atoms with E-state index in [0.717, 1.165) is 82.6 Å². The molecule has 0 atom stereocenters. The molecule has 532 valence electrons. The van der Waals surface area contributed by atoms with Crippen LogP contribution in [0, 0.1) is 92.7 Å². The summed E-state index contributed by atoms with van der Waals surface area (Å²) in [6.45, 7) is 9.27. The Labute approximate surface area is 574 Å². The van der Waals surface area contributed by atoms with Gasteiger partial charge in [0.1, 0.15) is 11.6 Å². The molecule has 0 amide bonds. The van der Waals surface area contributed by atoms with Crippen LogP contribution in [0.5, 0.6) is 0 Å². The maximum absolute atomic E-state index is 14.0. The van der Waals surface area contributed by atoms with Gasteiger partial charge in [-0.15, -0.1) is 0 Å². The Bertz CT molecular complexity index is 1800. The number of ketones is 2. The average Bonchev–Trinajstić information content (AvgIpc) is 0.718. The average molecular weight is 1270 g/mol. The Morgan fingerprint density at radius 2 is 0.359 bits per heavy atom. The highest BCUT2D eigenvalue weighted by Gasteiger charge is 2.65. The molecule has 10 aliphatic carbocycles. The zero-order valence-corrected chi connectivity index (χ0v) is 62.8. The van der Waals surface area contributed by atoms with Gasteiger partial charge in [-0.05, 0) is 238 Å². The van der Waals surface area contributed by atoms with Crippen molar-refractivity contribution in [3.8, 4) is 0 Å². The van der Waals surface area contributed by atoms with Gasteiger partial charge in [0.15, 0.2) is 0 Å². The van der Waals surface area contributed by atoms with Crippen LogP contribution in [0.15, 0.2) is 0 Å². The van der Waals surface area contributed by atoms with Crippen molar-refractivity contribution in [2.24, 2.45) is 92.7 Å². The molecule has 0 aromatic heterocycles. The molecular weight excluding hydrogens is 1110 g/mol. The molecule has 10 aliphatic rings. The predicted molar refractivity (Wildman–Crippen MR) is 398 cm³/mol. The maximum atomic E-state index is 14.0. The van der Waals surface area contributed by atoms with Gasteiger partial charge >= 0.3 is 0 Å². The van der Waals surface area contributed by atoms with E-state index in [-0.39, 0.29) is 21.7 Å². The first-order valence-electron chi connectivity index (χ1n) is 44.2. The zero-order chi connectivity index (χ0) is 64.2. The summed E-state index contributed by atoms with van der Waals surface area (Å²) >= 11 is 0. The molecule has 92 heavy (non-hydrogen) atoms. The second-order valence-corrected chi connectivity index (χ2v) is 37.0. The van der Waals surface area contributed by atoms with Crippen molar-refractivity contribution in [3.05, 3.63) is 0 Å². The van der Waals surface area contributed by atoms with Crippen LogP contribution >= 0.6 is 0 Å². The van der Waals surface area contributed by atoms with Crippen LogP contribution in [0.4, 0.5) is 0 Å². The predicted octanol–water partition coefficient (Wildman–Crippen LogP) is 29.2. The van der Waals surface area contributed by atoms with Crippen molar-refractivity contribution in [1.29, 1.82) is 0 Å². The standard InChI is InChI=1S/C46H82O.C44H78O/c1-3-5-7-9-11-13-15-17-19-38-21-25-40(26-22-38)42-29-33-45(34-30-42)37-46(44(45)47)35-31-43(32-36-46)41-27-23-39(24-28-41)20-18-16-14-12-10-8-6-4-2;1-3-5-7-9-11-13-15-17-36-19-23-38(24-20-36)40-27-31-43(32-28-40)35-44(42(43)45)33-29-41(30-34-44)39-25-21-37(22-26-39)18-16-14-12-10-8-6-4-2/h38-43H,3-37H2,1-2H3;36-41H,3-35H2,1-2H3/t;36-,37?,38-,39?,40-,41-,43-,44-. The topological polar surface area (TPSA) is 34.1 Å². The van der Waals surface area contributed by atoms with Crippen molar-refractivity contribution < 1.29 is 9.59 Å². The SMILES string of the molecule is CCCCCCCCCC1CCC([C@H]2CC[C@]3(CC2)C[C@@]2(CC[C@H]([C@H]4CC[C@H](CCCCCCCCC)CC4)CC2)C3=O)CC1.CCCCCCCCCCC1CCC(C2CCC3(CC2)CC2(CCC(C4CCC(CCCCCCCCCC)CC4)CC2)C3=O)CC1. The van der Waals surface area contributed by atoms with Gasteiger partial charge in [-0.3, -0.25) is 9.59 Å². The summed E-state index contributed by atoms with van der Waals surface area (Å²) in [6.07, 6.45) is 97.2. The normalized spacial score (nSPS) is 36.7.